The molecule has 1 amide bonds. The van der Waals surface area contributed by atoms with Crippen molar-refractivity contribution in [2.24, 2.45) is 0 Å². The lowest BCUT2D eigenvalue weighted by molar-refractivity contribution is 0.0943. The van der Waals surface area contributed by atoms with Crippen LogP contribution in [-0.2, 0) is 5.41 Å². The van der Waals surface area contributed by atoms with Gasteiger partial charge in [0.05, 0.1) is 12.7 Å². The Labute approximate surface area is 128 Å². The van der Waals surface area contributed by atoms with E-state index in [9.17, 15) is 9.90 Å². The number of phenols is 1. The zero-order chi connectivity index (χ0) is 15.5. The van der Waals surface area contributed by atoms with Crippen molar-refractivity contribution in [3.05, 3.63) is 46.2 Å². The van der Waals surface area contributed by atoms with E-state index in [1.807, 2.05) is 11.4 Å². The minimum atomic E-state index is -0.309. The van der Waals surface area contributed by atoms with E-state index in [1.165, 1.54) is 24.1 Å². The Hall–Kier alpha value is -2.01. The number of rotatable bonds is 5. The van der Waals surface area contributed by atoms with Crippen molar-refractivity contribution in [3.63, 3.8) is 0 Å². The predicted octanol–water partition coefficient (Wildman–Crippen LogP) is 3.17. The summed E-state index contributed by atoms with van der Waals surface area (Å²) in [5.41, 5.74) is 0.0644. The van der Waals surface area contributed by atoms with Crippen molar-refractivity contribution >= 4 is 17.2 Å². The van der Waals surface area contributed by atoms with Crippen LogP contribution in [0, 0.1) is 0 Å². The van der Waals surface area contributed by atoms with Crippen molar-refractivity contribution in [1.29, 1.82) is 0 Å². The minimum absolute atomic E-state index is 0.0535. The van der Waals surface area contributed by atoms with Crippen LogP contribution in [0.3, 0.4) is 0 Å². The van der Waals surface area contributed by atoms with Crippen LogP contribution in [0.1, 0.15) is 29.1 Å². The first-order chi connectivity index (χ1) is 9.94. The number of phenolic OH excluding ortho intramolecular Hbond substituents is 1. The second-order valence-corrected chi connectivity index (χ2v) is 6.37. The summed E-state index contributed by atoms with van der Waals surface area (Å²) in [5.74, 6) is 0.175. The lowest BCUT2D eigenvalue weighted by atomic mass is 9.91. The fraction of sp³-hybridized carbons (Fsp3) is 0.312. The molecular weight excluding hydrogens is 286 g/mol. The van der Waals surface area contributed by atoms with E-state index in [1.54, 1.807) is 17.4 Å². The van der Waals surface area contributed by atoms with Gasteiger partial charge in [-0.15, -0.1) is 11.3 Å². The number of hydrogen-bond acceptors (Lipinski definition) is 4. The highest BCUT2D eigenvalue weighted by Crippen LogP contribution is 2.27. The molecule has 1 heterocycles. The van der Waals surface area contributed by atoms with Crippen LogP contribution in [0.5, 0.6) is 11.5 Å². The molecule has 2 rings (SSSR count). The van der Waals surface area contributed by atoms with E-state index >= 15 is 0 Å². The number of aromatic hydroxyl groups is 1. The van der Waals surface area contributed by atoms with Gasteiger partial charge in [0.1, 0.15) is 11.5 Å². The number of ether oxygens (including phenoxy) is 1. The average molecular weight is 305 g/mol. The Morgan fingerprint density at radius 2 is 2.14 bits per heavy atom. The molecule has 2 N–H and O–H groups in total. The lowest BCUT2D eigenvalue weighted by Gasteiger charge is -2.23. The number of methoxy groups -OCH3 is 1. The van der Waals surface area contributed by atoms with Gasteiger partial charge in [-0.05, 0) is 29.6 Å². The monoisotopic (exact) mass is 305 g/mol. The number of hydrogen-bond donors (Lipinski definition) is 2. The van der Waals surface area contributed by atoms with Gasteiger partial charge >= 0.3 is 0 Å². The fourth-order valence-corrected chi connectivity index (χ4v) is 2.82. The van der Waals surface area contributed by atoms with E-state index in [0.29, 0.717) is 12.3 Å². The molecule has 0 radical (unpaired) electrons. The summed E-state index contributed by atoms with van der Waals surface area (Å²) < 4.78 is 5.07. The van der Waals surface area contributed by atoms with Gasteiger partial charge in [-0.1, -0.05) is 19.9 Å². The fourth-order valence-electron chi connectivity index (χ4n) is 1.97. The van der Waals surface area contributed by atoms with Gasteiger partial charge in [0, 0.05) is 16.8 Å². The Morgan fingerprint density at radius 3 is 2.76 bits per heavy atom. The number of nitrogens with one attached hydrogen (secondary N) is 1. The van der Waals surface area contributed by atoms with E-state index in [-0.39, 0.29) is 22.6 Å². The van der Waals surface area contributed by atoms with E-state index < -0.39 is 0 Å². The molecule has 0 aliphatic heterocycles. The smallest absolute Gasteiger partial charge is 0.255 e. The third-order valence-corrected chi connectivity index (χ3v) is 4.56. The average Bonchev–Trinajstić information content (AvgIpc) is 3.00. The quantitative estimate of drug-likeness (QED) is 0.892. The highest BCUT2D eigenvalue weighted by atomic mass is 32.1. The molecule has 1 aromatic heterocycles. The maximum absolute atomic E-state index is 12.2. The van der Waals surface area contributed by atoms with Crippen LogP contribution in [-0.4, -0.2) is 24.7 Å². The van der Waals surface area contributed by atoms with Gasteiger partial charge in [0.15, 0.2) is 0 Å². The van der Waals surface area contributed by atoms with Gasteiger partial charge < -0.3 is 15.2 Å². The molecule has 0 unspecified atom stereocenters. The summed E-state index contributed by atoms with van der Waals surface area (Å²) in [6.07, 6.45) is 0. The first kappa shape index (κ1) is 15.4. The number of carbonyl (C=O) groups is 1. The Balaban J connectivity index is 2.08. The number of thiophene rings is 1. The molecule has 0 aliphatic carbocycles. The van der Waals surface area contributed by atoms with Crippen molar-refractivity contribution in [3.8, 4) is 11.5 Å². The summed E-state index contributed by atoms with van der Waals surface area (Å²) in [6.45, 7) is 4.64. The molecule has 21 heavy (non-hydrogen) atoms. The maximum atomic E-state index is 12.2. The first-order valence-corrected chi connectivity index (χ1v) is 7.51. The van der Waals surface area contributed by atoms with Crippen LogP contribution in [0.2, 0.25) is 0 Å². The lowest BCUT2D eigenvalue weighted by Crippen LogP contribution is -2.36. The molecule has 1 aromatic carbocycles. The van der Waals surface area contributed by atoms with Crippen LogP contribution in [0.25, 0.3) is 0 Å². The van der Waals surface area contributed by atoms with Crippen LogP contribution < -0.4 is 10.1 Å². The largest absolute Gasteiger partial charge is 0.507 e. The van der Waals surface area contributed by atoms with Crippen LogP contribution >= 0.6 is 11.3 Å². The third kappa shape index (κ3) is 3.55. The standard InChI is InChI=1S/C16H19NO3S/c1-16(2,14-5-4-8-21-14)10-17-15(19)12-9-11(20-3)6-7-13(12)18/h4-9,18H,10H2,1-3H3,(H,17,19). The van der Waals surface area contributed by atoms with Gasteiger partial charge in [-0.25, -0.2) is 0 Å². The Morgan fingerprint density at radius 1 is 1.38 bits per heavy atom. The molecule has 0 saturated heterocycles. The first-order valence-electron chi connectivity index (χ1n) is 6.63. The van der Waals surface area contributed by atoms with Gasteiger partial charge in [0.25, 0.3) is 5.91 Å². The zero-order valence-electron chi connectivity index (χ0n) is 12.3. The van der Waals surface area contributed by atoms with Gasteiger partial charge in [-0.3, -0.25) is 4.79 Å². The minimum Gasteiger partial charge on any atom is -0.507 e. The molecule has 0 spiro atoms. The molecule has 112 valence electrons. The molecule has 0 atom stereocenters. The van der Waals surface area contributed by atoms with E-state index in [0.717, 1.165) is 0 Å². The van der Waals surface area contributed by atoms with Crippen LogP contribution in [0.4, 0.5) is 0 Å². The Kier molecular flexibility index (Phi) is 4.53. The van der Waals surface area contributed by atoms with Crippen molar-refractivity contribution in [2.75, 3.05) is 13.7 Å². The highest BCUT2D eigenvalue weighted by Gasteiger charge is 2.23. The molecule has 0 saturated carbocycles. The van der Waals surface area contributed by atoms with Gasteiger partial charge in [-0.2, -0.15) is 0 Å². The maximum Gasteiger partial charge on any atom is 0.255 e. The molecule has 2 aromatic rings. The highest BCUT2D eigenvalue weighted by molar-refractivity contribution is 7.10. The normalized spacial score (nSPS) is 11.2. The second-order valence-electron chi connectivity index (χ2n) is 5.43. The summed E-state index contributed by atoms with van der Waals surface area (Å²) in [5, 5.41) is 14.7. The molecule has 5 heteroatoms. The molecule has 0 bridgehead atoms. The number of carbonyl (C=O) groups excluding carboxylic acids is 1. The summed E-state index contributed by atoms with van der Waals surface area (Å²) in [7, 11) is 1.52. The third-order valence-electron chi connectivity index (χ3n) is 3.33. The van der Waals surface area contributed by atoms with E-state index in [2.05, 4.69) is 25.2 Å². The molecule has 0 fully saturated rings. The zero-order valence-corrected chi connectivity index (χ0v) is 13.2. The van der Waals surface area contributed by atoms with Crippen LogP contribution in [0.15, 0.2) is 35.7 Å². The predicted molar refractivity (Wildman–Crippen MR) is 84.3 cm³/mol. The summed E-state index contributed by atoms with van der Waals surface area (Å²) in [4.78, 5) is 13.4. The topological polar surface area (TPSA) is 58.6 Å². The molecular formula is C16H19NO3S. The number of benzene rings is 1. The Bertz CT molecular complexity index is 620. The van der Waals surface area contributed by atoms with Crippen molar-refractivity contribution in [1.82, 2.24) is 5.32 Å². The second kappa shape index (κ2) is 6.18. The van der Waals surface area contributed by atoms with Crippen molar-refractivity contribution in [2.45, 2.75) is 19.3 Å². The van der Waals surface area contributed by atoms with Gasteiger partial charge in [0.2, 0.25) is 0 Å². The molecule has 0 aliphatic rings. The number of amides is 1. The SMILES string of the molecule is COc1ccc(O)c(C(=O)NCC(C)(C)c2cccs2)c1. The molecule has 4 nitrogen and oxygen atoms in total. The van der Waals surface area contributed by atoms with Crippen molar-refractivity contribution < 1.29 is 14.6 Å². The summed E-state index contributed by atoms with van der Waals surface area (Å²) in [6, 6.07) is 8.65. The van der Waals surface area contributed by atoms with E-state index in [4.69, 9.17) is 4.74 Å². The summed E-state index contributed by atoms with van der Waals surface area (Å²) >= 11 is 1.67.